The average Bonchev–Trinajstić information content (AvgIpc) is 2.71. The molecule has 0 aliphatic carbocycles. The third-order valence-electron chi connectivity index (χ3n) is 2.37. The number of thiophene rings is 1. The van der Waals surface area contributed by atoms with Crippen LogP contribution in [0.25, 0.3) is 0 Å². The molecule has 1 N–H and O–H groups in total. The minimum absolute atomic E-state index is 0.552. The van der Waals surface area contributed by atoms with Gasteiger partial charge in [-0.05, 0) is 48.7 Å². The summed E-state index contributed by atoms with van der Waals surface area (Å²) in [5.74, 6) is 0. The number of likely N-dealkylation sites (N-methyl/N-ethyl adjacent to an activating group) is 1. The van der Waals surface area contributed by atoms with Crippen LogP contribution < -0.4 is 5.32 Å². The summed E-state index contributed by atoms with van der Waals surface area (Å²) in [4.78, 5) is 0. The standard InChI is InChI=1S/C12H21NOS/c1-3-13-12(5-7-14-4-2)9-11-6-8-15-10-11/h6,8,10,12-13H,3-5,7,9H2,1-2H3. The molecule has 2 nitrogen and oxygen atoms in total. The third kappa shape index (κ3) is 5.30. The van der Waals surface area contributed by atoms with E-state index in [0.29, 0.717) is 6.04 Å². The molecular formula is C12H21NOS. The summed E-state index contributed by atoms with van der Waals surface area (Å²) >= 11 is 1.77. The van der Waals surface area contributed by atoms with Gasteiger partial charge in [-0.15, -0.1) is 0 Å². The highest BCUT2D eigenvalue weighted by Gasteiger charge is 2.08. The molecule has 0 saturated carbocycles. The summed E-state index contributed by atoms with van der Waals surface area (Å²) in [5, 5.41) is 7.87. The lowest BCUT2D eigenvalue weighted by Crippen LogP contribution is -2.32. The highest BCUT2D eigenvalue weighted by Crippen LogP contribution is 2.10. The van der Waals surface area contributed by atoms with E-state index in [9.17, 15) is 0 Å². The Balaban J connectivity index is 2.29. The predicted molar refractivity (Wildman–Crippen MR) is 66.6 cm³/mol. The zero-order chi connectivity index (χ0) is 10.9. The second-order valence-corrected chi connectivity index (χ2v) is 4.36. The molecule has 0 bridgehead atoms. The molecule has 1 unspecified atom stereocenters. The van der Waals surface area contributed by atoms with E-state index in [1.54, 1.807) is 11.3 Å². The summed E-state index contributed by atoms with van der Waals surface area (Å²) in [5.41, 5.74) is 1.43. The van der Waals surface area contributed by atoms with E-state index >= 15 is 0 Å². The molecule has 1 rings (SSSR count). The Morgan fingerprint density at radius 2 is 2.33 bits per heavy atom. The van der Waals surface area contributed by atoms with Crippen molar-refractivity contribution < 1.29 is 4.74 Å². The highest BCUT2D eigenvalue weighted by molar-refractivity contribution is 7.07. The number of ether oxygens (including phenoxy) is 1. The maximum absolute atomic E-state index is 5.39. The molecule has 3 heteroatoms. The zero-order valence-electron chi connectivity index (χ0n) is 9.66. The topological polar surface area (TPSA) is 21.3 Å². The largest absolute Gasteiger partial charge is 0.382 e. The van der Waals surface area contributed by atoms with Crippen LogP contribution in [0.4, 0.5) is 0 Å². The molecule has 86 valence electrons. The van der Waals surface area contributed by atoms with Gasteiger partial charge in [-0.25, -0.2) is 0 Å². The molecular weight excluding hydrogens is 206 g/mol. The van der Waals surface area contributed by atoms with Crippen LogP contribution in [-0.2, 0) is 11.2 Å². The highest BCUT2D eigenvalue weighted by atomic mass is 32.1. The van der Waals surface area contributed by atoms with Gasteiger partial charge in [0.15, 0.2) is 0 Å². The van der Waals surface area contributed by atoms with E-state index in [1.807, 2.05) is 6.92 Å². The minimum atomic E-state index is 0.552. The molecule has 0 aliphatic heterocycles. The molecule has 0 aromatic carbocycles. The van der Waals surface area contributed by atoms with Crippen molar-refractivity contribution in [3.8, 4) is 0 Å². The van der Waals surface area contributed by atoms with Crippen LogP contribution >= 0.6 is 11.3 Å². The molecule has 0 saturated heterocycles. The monoisotopic (exact) mass is 227 g/mol. The van der Waals surface area contributed by atoms with Crippen LogP contribution in [-0.4, -0.2) is 25.8 Å². The SMILES string of the molecule is CCNC(CCOCC)Cc1ccsc1. The smallest absolute Gasteiger partial charge is 0.0480 e. The van der Waals surface area contributed by atoms with E-state index in [2.05, 4.69) is 29.1 Å². The van der Waals surface area contributed by atoms with Crippen LogP contribution in [0.1, 0.15) is 25.8 Å². The molecule has 1 heterocycles. The average molecular weight is 227 g/mol. The van der Waals surface area contributed by atoms with Gasteiger partial charge in [-0.3, -0.25) is 0 Å². The summed E-state index contributed by atoms with van der Waals surface area (Å²) < 4.78 is 5.39. The summed E-state index contributed by atoms with van der Waals surface area (Å²) in [7, 11) is 0. The maximum atomic E-state index is 5.39. The summed E-state index contributed by atoms with van der Waals surface area (Å²) in [6.07, 6.45) is 2.21. The van der Waals surface area contributed by atoms with E-state index in [1.165, 1.54) is 5.56 Å². The number of rotatable bonds is 8. The maximum Gasteiger partial charge on any atom is 0.0480 e. The van der Waals surface area contributed by atoms with Gasteiger partial charge in [0.05, 0.1) is 0 Å². The first-order valence-electron chi connectivity index (χ1n) is 5.69. The minimum Gasteiger partial charge on any atom is -0.382 e. The molecule has 0 amide bonds. The van der Waals surface area contributed by atoms with Crippen molar-refractivity contribution in [2.75, 3.05) is 19.8 Å². The van der Waals surface area contributed by atoms with Crippen molar-refractivity contribution in [3.05, 3.63) is 22.4 Å². The van der Waals surface area contributed by atoms with E-state index in [0.717, 1.165) is 32.6 Å². The van der Waals surface area contributed by atoms with Gasteiger partial charge in [0.2, 0.25) is 0 Å². The van der Waals surface area contributed by atoms with Crippen molar-refractivity contribution in [1.29, 1.82) is 0 Å². The van der Waals surface area contributed by atoms with Crippen LogP contribution in [0, 0.1) is 0 Å². The number of hydrogen-bond donors (Lipinski definition) is 1. The van der Waals surface area contributed by atoms with Crippen molar-refractivity contribution in [3.63, 3.8) is 0 Å². The molecule has 0 fully saturated rings. The number of hydrogen-bond acceptors (Lipinski definition) is 3. The lowest BCUT2D eigenvalue weighted by atomic mass is 10.1. The number of nitrogens with one attached hydrogen (secondary N) is 1. The van der Waals surface area contributed by atoms with Crippen LogP contribution in [0.2, 0.25) is 0 Å². The molecule has 0 spiro atoms. The Morgan fingerprint density at radius 3 is 2.93 bits per heavy atom. The second-order valence-electron chi connectivity index (χ2n) is 3.58. The lowest BCUT2D eigenvalue weighted by Gasteiger charge is -2.17. The molecule has 0 radical (unpaired) electrons. The van der Waals surface area contributed by atoms with Gasteiger partial charge in [0.25, 0.3) is 0 Å². The van der Waals surface area contributed by atoms with E-state index in [4.69, 9.17) is 4.74 Å². The van der Waals surface area contributed by atoms with Crippen molar-refractivity contribution in [2.24, 2.45) is 0 Å². The van der Waals surface area contributed by atoms with Gasteiger partial charge < -0.3 is 10.1 Å². The molecule has 0 aliphatic rings. The quantitative estimate of drug-likeness (QED) is 0.689. The van der Waals surface area contributed by atoms with Gasteiger partial charge in [0, 0.05) is 19.3 Å². The third-order valence-corrected chi connectivity index (χ3v) is 3.10. The van der Waals surface area contributed by atoms with Crippen LogP contribution in [0.3, 0.4) is 0 Å². The fourth-order valence-electron chi connectivity index (χ4n) is 1.63. The van der Waals surface area contributed by atoms with Gasteiger partial charge in [-0.2, -0.15) is 11.3 Å². The molecule has 15 heavy (non-hydrogen) atoms. The summed E-state index contributed by atoms with van der Waals surface area (Å²) in [6.45, 7) is 6.90. The van der Waals surface area contributed by atoms with Crippen molar-refractivity contribution in [1.82, 2.24) is 5.32 Å². The van der Waals surface area contributed by atoms with Gasteiger partial charge in [-0.1, -0.05) is 6.92 Å². The van der Waals surface area contributed by atoms with Crippen LogP contribution in [0.15, 0.2) is 16.8 Å². The van der Waals surface area contributed by atoms with Gasteiger partial charge >= 0.3 is 0 Å². The zero-order valence-corrected chi connectivity index (χ0v) is 10.5. The molecule has 1 aromatic rings. The Kier molecular flexibility index (Phi) is 6.64. The van der Waals surface area contributed by atoms with Crippen molar-refractivity contribution >= 4 is 11.3 Å². The summed E-state index contributed by atoms with van der Waals surface area (Å²) in [6, 6.07) is 2.76. The lowest BCUT2D eigenvalue weighted by molar-refractivity contribution is 0.136. The first-order chi connectivity index (χ1) is 7.36. The molecule has 1 aromatic heterocycles. The fraction of sp³-hybridized carbons (Fsp3) is 0.667. The Bertz CT molecular complexity index is 236. The Labute approximate surface area is 96.7 Å². The van der Waals surface area contributed by atoms with E-state index in [-0.39, 0.29) is 0 Å². The first kappa shape index (κ1) is 12.7. The predicted octanol–water partition coefficient (Wildman–Crippen LogP) is 2.70. The van der Waals surface area contributed by atoms with Crippen molar-refractivity contribution in [2.45, 2.75) is 32.7 Å². The first-order valence-corrected chi connectivity index (χ1v) is 6.63. The van der Waals surface area contributed by atoms with E-state index < -0.39 is 0 Å². The van der Waals surface area contributed by atoms with Gasteiger partial charge in [0.1, 0.15) is 0 Å². The second kappa shape index (κ2) is 7.85. The molecule has 1 atom stereocenters. The van der Waals surface area contributed by atoms with Crippen LogP contribution in [0.5, 0.6) is 0 Å². The Hall–Kier alpha value is -0.380. The fourth-order valence-corrected chi connectivity index (χ4v) is 2.31. The normalized spacial score (nSPS) is 12.9. The Morgan fingerprint density at radius 1 is 1.47 bits per heavy atom.